The second-order valence-electron chi connectivity index (χ2n) is 7.94. The van der Waals surface area contributed by atoms with E-state index < -0.39 is 15.8 Å². The number of thiazole rings is 1. The molecule has 2 aromatic carbocycles. The Hall–Kier alpha value is -3.15. The molecular formula is C23H22FN5O3S2. The third-order valence-corrected chi connectivity index (χ3v) is 8.71. The minimum absolute atomic E-state index is 0.163. The van der Waals surface area contributed by atoms with Crippen LogP contribution in [0.15, 0.2) is 65.8 Å². The van der Waals surface area contributed by atoms with Gasteiger partial charge in [0.2, 0.25) is 10.0 Å². The zero-order valence-electron chi connectivity index (χ0n) is 18.2. The first-order chi connectivity index (χ1) is 16.4. The molecule has 0 spiro atoms. The second kappa shape index (κ2) is 9.24. The summed E-state index contributed by atoms with van der Waals surface area (Å²) in [5.74, 6) is -0.798. The van der Waals surface area contributed by atoms with Gasteiger partial charge in [0.1, 0.15) is 11.3 Å². The van der Waals surface area contributed by atoms with Crippen LogP contribution < -0.4 is 4.90 Å². The van der Waals surface area contributed by atoms with E-state index in [9.17, 15) is 17.6 Å². The molecular weight excluding hydrogens is 477 g/mol. The summed E-state index contributed by atoms with van der Waals surface area (Å²) in [5, 5.41) is 4.54. The van der Waals surface area contributed by atoms with Gasteiger partial charge in [-0.3, -0.25) is 14.4 Å². The average Bonchev–Trinajstić information content (AvgIpc) is 3.61. The lowest BCUT2D eigenvalue weighted by molar-refractivity contribution is 0.0985. The summed E-state index contributed by atoms with van der Waals surface area (Å²) in [6.45, 7) is 1.70. The van der Waals surface area contributed by atoms with Crippen molar-refractivity contribution in [3.63, 3.8) is 0 Å². The van der Waals surface area contributed by atoms with Crippen LogP contribution in [0.4, 0.5) is 9.52 Å². The van der Waals surface area contributed by atoms with Crippen LogP contribution in [0.3, 0.4) is 0 Å². The van der Waals surface area contributed by atoms with Crippen LogP contribution >= 0.6 is 11.3 Å². The molecule has 1 fully saturated rings. The van der Waals surface area contributed by atoms with Crippen molar-refractivity contribution in [2.24, 2.45) is 0 Å². The molecule has 3 heterocycles. The molecule has 1 aliphatic rings. The van der Waals surface area contributed by atoms with Gasteiger partial charge < -0.3 is 0 Å². The van der Waals surface area contributed by atoms with Crippen LogP contribution in [0.1, 0.15) is 23.2 Å². The highest BCUT2D eigenvalue weighted by atomic mass is 32.2. The SMILES string of the molecule is O=C(c1ccc(S(=O)(=O)N2CCCC2)cc1)N(CCn1cccn1)c1nc2c(F)cccc2s1. The normalized spacial score (nSPS) is 14.6. The van der Waals surface area contributed by atoms with Gasteiger partial charge in [-0.05, 0) is 55.3 Å². The van der Waals surface area contributed by atoms with Gasteiger partial charge in [-0.2, -0.15) is 9.40 Å². The molecule has 0 unspecified atom stereocenters. The van der Waals surface area contributed by atoms with Crippen LogP contribution in [0.25, 0.3) is 10.2 Å². The molecule has 4 aromatic rings. The summed E-state index contributed by atoms with van der Waals surface area (Å²) in [5.41, 5.74) is 0.534. The Balaban J connectivity index is 1.45. The number of sulfonamides is 1. The van der Waals surface area contributed by atoms with E-state index in [0.717, 1.165) is 12.8 Å². The molecule has 8 nitrogen and oxygen atoms in total. The van der Waals surface area contributed by atoms with Crippen LogP contribution in [0.2, 0.25) is 0 Å². The van der Waals surface area contributed by atoms with Crippen molar-refractivity contribution in [1.29, 1.82) is 0 Å². The number of carbonyl (C=O) groups excluding carboxylic acids is 1. The average molecular weight is 500 g/mol. The summed E-state index contributed by atoms with van der Waals surface area (Å²) in [6.07, 6.45) is 5.14. The van der Waals surface area contributed by atoms with Gasteiger partial charge in [0, 0.05) is 37.6 Å². The largest absolute Gasteiger partial charge is 0.282 e. The molecule has 0 aliphatic carbocycles. The van der Waals surface area contributed by atoms with Gasteiger partial charge in [-0.1, -0.05) is 17.4 Å². The molecule has 176 valence electrons. The lowest BCUT2D eigenvalue weighted by Gasteiger charge is -2.20. The first kappa shape index (κ1) is 22.6. The number of amides is 1. The highest BCUT2D eigenvalue weighted by molar-refractivity contribution is 7.89. The van der Waals surface area contributed by atoms with Crippen molar-refractivity contribution < 1.29 is 17.6 Å². The topological polar surface area (TPSA) is 88.4 Å². The van der Waals surface area contributed by atoms with Crippen molar-refractivity contribution in [2.45, 2.75) is 24.3 Å². The van der Waals surface area contributed by atoms with E-state index in [1.165, 1.54) is 50.9 Å². The monoisotopic (exact) mass is 499 g/mol. The maximum absolute atomic E-state index is 14.2. The molecule has 0 N–H and O–H groups in total. The zero-order valence-corrected chi connectivity index (χ0v) is 19.8. The van der Waals surface area contributed by atoms with Crippen LogP contribution in [-0.2, 0) is 16.6 Å². The number of carbonyl (C=O) groups is 1. The van der Waals surface area contributed by atoms with Crippen molar-refractivity contribution in [3.8, 4) is 0 Å². The summed E-state index contributed by atoms with van der Waals surface area (Å²) >= 11 is 1.23. The maximum atomic E-state index is 14.2. The van der Waals surface area contributed by atoms with Gasteiger partial charge in [-0.25, -0.2) is 17.8 Å². The van der Waals surface area contributed by atoms with E-state index >= 15 is 0 Å². The van der Waals surface area contributed by atoms with E-state index in [-0.39, 0.29) is 22.9 Å². The number of hydrogen-bond acceptors (Lipinski definition) is 6. The molecule has 0 radical (unpaired) electrons. The number of aromatic nitrogens is 3. The number of hydrogen-bond donors (Lipinski definition) is 0. The van der Waals surface area contributed by atoms with Crippen LogP contribution in [0, 0.1) is 5.82 Å². The molecule has 5 rings (SSSR count). The van der Waals surface area contributed by atoms with Crippen molar-refractivity contribution in [3.05, 3.63) is 72.3 Å². The molecule has 11 heteroatoms. The van der Waals surface area contributed by atoms with E-state index in [2.05, 4.69) is 10.1 Å². The lowest BCUT2D eigenvalue weighted by atomic mass is 10.2. The fourth-order valence-electron chi connectivity index (χ4n) is 3.94. The Morgan fingerprint density at radius 2 is 1.85 bits per heavy atom. The Bertz CT molecular complexity index is 1410. The number of para-hydroxylation sites is 1. The fraction of sp³-hybridized carbons (Fsp3) is 0.261. The minimum Gasteiger partial charge on any atom is -0.282 e. The molecule has 0 bridgehead atoms. The van der Waals surface area contributed by atoms with Crippen molar-refractivity contribution in [1.82, 2.24) is 19.1 Å². The summed E-state index contributed by atoms with van der Waals surface area (Å²) in [6, 6.07) is 12.4. The molecule has 1 saturated heterocycles. The minimum atomic E-state index is -3.57. The van der Waals surface area contributed by atoms with Crippen molar-refractivity contribution in [2.75, 3.05) is 24.5 Å². The van der Waals surface area contributed by atoms with Gasteiger partial charge in [-0.15, -0.1) is 0 Å². The standard InChI is InChI=1S/C23H22FN5O3S2/c24-19-5-3-6-20-21(19)26-23(33-20)29(16-15-27-12-4-11-25-27)22(30)17-7-9-18(10-8-17)34(31,32)28-13-1-2-14-28/h3-12H,1-2,13-16H2. The lowest BCUT2D eigenvalue weighted by Crippen LogP contribution is -2.34. The predicted molar refractivity (Wildman–Crippen MR) is 128 cm³/mol. The van der Waals surface area contributed by atoms with E-state index in [4.69, 9.17) is 0 Å². The molecule has 34 heavy (non-hydrogen) atoms. The van der Waals surface area contributed by atoms with E-state index in [0.29, 0.717) is 35.0 Å². The second-order valence-corrected chi connectivity index (χ2v) is 10.9. The molecule has 0 atom stereocenters. The Labute approximate surface area is 200 Å². The first-order valence-electron chi connectivity index (χ1n) is 10.9. The van der Waals surface area contributed by atoms with Crippen molar-refractivity contribution >= 4 is 42.6 Å². The number of nitrogens with zero attached hydrogens (tertiary/aromatic N) is 5. The third-order valence-electron chi connectivity index (χ3n) is 5.75. The first-order valence-corrected chi connectivity index (χ1v) is 13.1. The highest BCUT2D eigenvalue weighted by Gasteiger charge is 2.28. The van der Waals surface area contributed by atoms with Gasteiger partial charge >= 0.3 is 0 Å². The zero-order chi connectivity index (χ0) is 23.7. The van der Waals surface area contributed by atoms with E-state index in [1.807, 2.05) is 0 Å². The highest BCUT2D eigenvalue weighted by Crippen LogP contribution is 2.31. The van der Waals surface area contributed by atoms with Crippen LogP contribution in [0.5, 0.6) is 0 Å². The molecule has 1 aliphatic heterocycles. The maximum Gasteiger partial charge on any atom is 0.260 e. The van der Waals surface area contributed by atoms with Crippen LogP contribution in [-0.4, -0.2) is 53.0 Å². The Morgan fingerprint density at radius 3 is 2.53 bits per heavy atom. The molecule has 1 amide bonds. The van der Waals surface area contributed by atoms with Gasteiger partial charge in [0.25, 0.3) is 5.91 Å². The third kappa shape index (κ3) is 4.33. The summed E-state index contributed by atoms with van der Waals surface area (Å²) in [7, 11) is -3.57. The number of halogens is 1. The predicted octanol–water partition coefficient (Wildman–Crippen LogP) is 3.76. The number of anilines is 1. The summed E-state index contributed by atoms with van der Waals surface area (Å²) < 4.78 is 43.7. The van der Waals surface area contributed by atoms with E-state index in [1.54, 1.807) is 35.3 Å². The molecule has 2 aromatic heterocycles. The molecule has 0 saturated carbocycles. The Morgan fingerprint density at radius 1 is 1.09 bits per heavy atom. The summed E-state index contributed by atoms with van der Waals surface area (Å²) in [4.78, 5) is 19.5. The number of benzene rings is 2. The van der Waals surface area contributed by atoms with Gasteiger partial charge in [0.05, 0.1) is 16.1 Å². The quantitative estimate of drug-likeness (QED) is 0.386. The smallest absolute Gasteiger partial charge is 0.260 e. The fourth-order valence-corrected chi connectivity index (χ4v) is 6.46. The van der Waals surface area contributed by atoms with Gasteiger partial charge in [0.15, 0.2) is 5.13 Å². The number of fused-ring (bicyclic) bond motifs is 1. The Kier molecular flexibility index (Phi) is 6.15. The number of rotatable bonds is 7.